The second-order valence-electron chi connectivity index (χ2n) is 3.18. The van der Waals surface area contributed by atoms with Crippen LogP contribution in [-0.2, 0) is 4.79 Å². The van der Waals surface area contributed by atoms with E-state index in [1.54, 1.807) is 18.2 Å². The molecule has 0 aliphatic carbocycles. The van der Waals surface area contributed by atoms with Crippen LogP contribution in [0.4, 0.5) is 5.69 Å². The van der Waals surface area contributed by atoms with Gasteiger partial charge in [-0.2, -0.15) is 11.8 Å². The fourth-order valence-electron chi connectivity index (χ4n) is 1.17. The summed E-state index contributed by atoms with van der Waals surface area (Å²) in [6.07, 6.45) is 1.87. The Kier molecular flexibility index (Phi) is 5.92. The third kappa shape index (κ3) is 4.70. The quantitative estimate of drug-likeness (QED) is 0.824. The highest BCUT2D eigenvalue weighted by Crippen LogP contribution is 2.22. The van der Waals surface area contributed by atoms with Gasteiger partial charge < -0.3 is 11.1 Å². The molecule has 1 aromatic rings. The molecule has 0 fully saturated rings. The predicted octanol–water partition coefficient (Wildman–Crippen LogP) is 1.95. The minimum atomic E-state index is -0.0802. The molecule has 0 aromatic heterocycles. The number of carbonyl (C=O) groups is 1. The zero-order valence-electron chi connectivity index (χ0n) is 9.42. The summed E-state index contributed by atoms with van der Waals surface area (Å²) in [4.78, 5) is 11.4. The summed E-state index contributed by atoms with van der Waals surface area (Å²) in [5, 5.41) is 3.24. The number of nitrogens with two attached hydrogens (primary N) is 1. The molecule has 0 atom stereocenters. The van der Waals surface area contributed by atoms with E-state index in [0.717, 1.165) is 5.56 Å². The van der Waals surface area contributed by atoms with Gasteiger partial charge in [-0.3, -0.25) is 4.79 Å². The largest absolute Gasteiger partial charge is 0.324 e. The van der Waals surface area contributed by atoms with Crippen LogP contribution in [0.5, 0.6) is 0 Å². The lowest BCUT2D eigenvalue weighted by Crippen LogP contribution is -2.14. The Balaban J connectivity index is 2.86. The van der Waals surface area contributed by atoms with E-state index in [9.17, 15) is 4.79 Å². The first-order valence-corrected chi connectivity index (χ1v) is 6.72. The molecule has 90 valence electrons. The standard InChI is InChI=1S/C12H13ClN2OS/c1-17-8-12(16)15-11-7-9(3-2-6-14)4-5-10(11)13/h4-5,7H,6,8,14H2,1H3,(H,15,16). The highest BCUT2D eigenvalue weighted by atomic mass is 35.5. The van der Waals surface area contributed by atoms with E-state index >= 15 is 0 Å². The van der Waals surface area contributed by atoms with Crippen LogP contribution in [0, 0.1) is 11.8 Å². The van der Waals surface area contributed by atoms with Gasteiger partial charge in [-0.15, -0.1) is 0 Å². The molecule has 0 saturated carbocycles. The van der Waals surface area contributed by atoms with E-state index < -0.39 is 0 Å². The van der Waals surface area contributed by atoms with Gasteiger partial charge >= 0.3 is 0 Å². The summed E-state index contributed by atoms with van der Waals surface area (Å²) in [5.41, 5.74) is 6.65. The molecule has 0 spiro atoms. The van der Waals surface area contributed by atoms with Crippen molar-refractivity contribution >= 4 is 35.0 Å². The van der Waals surface area contributed by atoms with Crippen LogP contribution in [0.3, 0.4) is 0 Å². The normalized spacial score (nSPS) is 9.35. The SMILES string of the molecule is CSCC(=O)Nc1cc(C#CCN)ccc1Cl. The van der Waals surface area contributed by atoms with E-state index in [0.29, 0.717) is 23.0 Å². The Morgan fingerprint density at radius 3 is 3.00 bits per heavy atom. The maximum absolute atomic E-state index is 11.4. The number of halogens is 1. The van der Waals surface area contributed by atoms with Crippen molar-refractivity contribution in [2.24, 2.45) is 5.73 Å². The van der Waals surface area contributed by atoms with Crippen LogP contribution in [0.2, 0.25) is 5.02 Å². The Hall–Kier alpha value is -1.15. The van der Waals surface area contributed by atoms with Crippen molar-refractivity contribution in [3.63, 3.8) is 0 Å². The molecule has 0 aliphatic rings. The maximum Gasteiger partial charge on any atom is 0.234 e. The maximum atomic E-state index is 11.4. The third-order valence-electron chi connectivity index (χ3n) is 1.85. The number of thioether (sulfide) groups is 1. The van der Waals surface area contributed by atoms with Gasteiger partial charge in [0.15, 0.2) is 0 Å². The van der Waals surface area contributed by atoms with Gasteiger partial charge in [0, 0.05) is 5.56 Å². The second kappa shape index (κ2) is 7.23. The zero-order valence-corrected chi connectivity index (χ0v) is 11.0. The van der Waals surface area contributed by atoms with Crippen molar-refractivity contribution in [2.75, 3.05) is 23.9 Å². The van der Waals surface area contributed by atoms with Crippen molar-refractivity contribution in [1.82, 2.24) is 0 Å². The number of hydrogen-bond donors (Lipinski definition) is 2. The number of hydrogen-bond acceptors (Lipinski definition) is 3. The summed E-state index contributed by atoms with van der Waals surface area (Å²) < 4.78 is 0. The fraction of sp³-hybridized carbons (Fsp3) is 0.250. The molecule has 3 nitrogen and oxygen atoms in total. The molecular weight excluding hydrogens is 256 g/mol. The van der Waals surface area contributed by atoms with E-state index in [2.05, 4.69) is 17.2 Å². The molecule has 5 heteroatoms. The smallest absolute Gasteiger partial charge is 0.234 e. The molecular formula is C12H13ClN2OS. The van der Waals surface area contributed by atoms with Gasteiger partial charge in [0.2, 0.25) is 5.91 Å². The first-order chi connectivity index (χ1) is 8.17. The van der Waals surface area contributed by atoms with Gasteiger partial charge in [-0.25, -0.2) is 0 Å². The van der Waals surface area contributed by atoms with E-state index in [1.165, 1.54) is 11.8 Å². The van der Waals surface area contributed by atoms with Gasteiger partial charge in [-0.1, -0.05) is 23.4 Å². The Bertz CT molecular complexity index is 465. The molecule has 1 amide bonds. The van der Waals surface area contributed by atoms with Gasteiger partial charge in [0.25, 0.3) is 0 Å². The molecule has 0 aliphatic heterocycles. The topological polar surface area (TPSA) is 55.1 Å². The van der Waals surface area contributed by atoms with E-state index in [4.69, 9.17) is 17.3 Å². The average molecular weight is 269 g/mol. The van der Waals surface area contributed by atoms with Gasteiger partial charge in [-0.05, 0) is 24.5 Å². The van der Waals surface area contributed by atoms with E-state index in [1.807, 2.05) is 6.26 Å². The Morgan fingerprint density at radius 2 is 2.35 bits per heavy atom. The van der Waals surface area contributed by atoms with Crippen LogP contribution in [0.15, 0.2) is 18.2 Å². The van der Waals surface area contributed by atoms with Crippen LogP contribution in [0.25, 0.3) is 0 Å². The number of carbonyl (C=O) groups excluding carboxylic acids is 1. The van der Waals surface area contributed by atoms with Crippen LogP contribution in [0.1, 0.15) is 5.56 Å². The monoisotopic (exact) mass is 268 g/mol. The summed E-state index contributed by atoms with van der Waals surface area (Å²) in [7, 11) is 0. The average Bonchev–Trinajstić information content (AvgIpc) is 2.30. The highest BCUT2D eigenvalue weighted by molar-refractivity contribution is 7.99. The second-order valence-corrected chi connectivity index (χ2v) is 4.45. The van der Waals surface area contributed by atoms with Crippen LogP contribution < -0.4 is 11.1 Å². The number of benzene rings is 1. The molecule has 1 rings (SSSR count). The Labute approximate surface area is 110 Å². The minimum absolute atomic E-state index is 0.0802. The lowest BCUT2D eigenvalue weighted by atomic mass is 10.2. The highest BCUT2D eigenvalue weighted by Gasteiger charge is 2.05. The van der Waals surface area contributed by atoms with Gasteiger partial charge in [0.1, 0.15) is 0 Å². The lowest BCUT2D eigenvalue weighted by molar-refractivity contribution is -0.113. The van der Waals surface area contributed by atoms with Crippen molar-refractivity contribution in [1.29, 1.82) is 0 Å². The van der Waals surface area contributed by atoms with Crippen LogP contribution >= 0.6 is 23.4 Å². The molecule has 3 N–H and O–H groups in total. The van der Waals surface area contributed by atoms with Crippen molar-refractivity contribution in [3.05, 3.63) is 28.8 Å². The summed E-state index contributed by atoms with van der Waals surface area (Å²) >= 11 is 7.43. The molecule has 0 heterocycles. The van der Waals surface area contributed by atoms with Gasteiger partial charge in [0.05, 0.1) is 23.0 Å². The van der Waals surface area contributed by atoms with E-state index in [-0.39, 0.29) is 5.91 Å². The summed E-state index contributed by atoms with van der Waals surface area (Å²) in [5.74, 6) is 5.95. The Morgan fingerprint density at radius 1 is 1.59 bits per heavy atom. The third-order valence-corrected chi connectivity index (χ3v) is 2.73. The zero-order chi connectivity index (χ0) is 12.7. The molecule has 1 aromatic carbocycles. The molecule has 17 heavy (non-hydrogen) atoms. The van der Waals surface area contributed by atoms with Crippen molar-refractivity contribution in [2.45, 2.75) is 0 Å². The molecule has 0 unspecified atom stereocenters. The number of rotatable bonds is 3. The minimum Gasteiger partial charge on any atom is -0.324 e. The summed E-state index contributed by atoms with van der Waals surface area (Å²) in [6, 6.07) is 5.23. The molecule has 0 saturated heterocycles. The fourth-order valence-corrected chi connectivity index (χ4v) is 1.67. The number of nitrogens with one attached hydrogen (secondary N) is 1. The predicted molar refractivity (Wildman–Crippen MR) is 74.4 cm³/mol. The lowest BCUT2D eigenvalue weighted by Gasteiger charge is -2.06. The number of amides is 1. The molecule has 0 radical (unpaired) electrons. The van der Waals surface area contributed by atoms with Crippen molar-refractivity contribution < 1.29 is 4.79 Å². The first kappa shape index (κ1) is 13.9. The van der Waals surface area contributed by atoms with Crippen molar-refractivity contribution in [3.8, 4) is 11.8 Å². The summed E-state index contributed by atoms with van der Waals surface area (Å²) in [6.45, 7) is 0.302. The molecule has 0 bridgehead atoms. The van der Waals surface area contributed by atoms with Crippen LogP contribution in [-0.4, -0.2) is 24.5 Å². The number of anilines is 1. The first-order valence-electron chi connectivity index (χ1n) is 4.94.